The molecule has 27 heavy (non-hydrogen) atoms. The number of amides is 1. The van der Waals surface area contributed by atoms with E-state index in [0.717, 1.165) is 17.0 Å². The first kappa shape index (κ1) is 17.1. The zero-order valence-electron chi connectivity index (χ0n) is 14.8. The first-order chi connectivity index (χ1) is 13.2. The molecule has 1 aliphatic heterocycles. The fourth-order valence-corrected chi connectivity index (χ4v) is 3.36. The lowest BCUT2D eigenvalue weighted by molar-refractivity contribution is -0.117. The third kappa shape index (κ3) is 3.62. The van der Waals surface area contributed by atoms with Gasteiger partial charge in [-0.25, -0.2) is 0 Å². The van der Waals surface area contributed by atoms with Crippen molar-refractivity contribution in [3.8, 4) is 17.4 Å². The van der Waals surface area contributed by atoms with Crippen molar-refractivity contribution in [1.82, 2.24) is 5.32 Å². The fraction of sp³-hybridized carbons (Fsp3) is 0.182. The normalized spacial score (nSPS) is 16.5. The third-order valence-corrected chi connectivity index (χ3v) is 4.73. The van der Waals surface area contributed by atoms with Crippen LogP contribution in [0.3, 0.4) is 0 Å². The Labute approximate surface area is 157 Å². The Hall–Kier alpha value is -3.36. The van der Waals surface area contributed by atoms with Gasteiger partial charge in [0.25, 0.3) is 0 Å². The van der Waals surface area contributed by atoms with E-state index in [0.29, 0.717) is 30.8 Å². The van der Waals surface area contributed by atoms with E-state index < -0.39 is 0 Å². The Morgan fingerprint density at radius 1 is 1.07 bits per heavy atom. The number of carbonyl (C=O) groups excluding carboxylic acids is 1. The molecule has 3 aromatic rings. The van der Waals surface area contributed by atoms with Crippen LogP contribution in [-0.2, 0) is 11.3 Å². The standard InChI is InChI=1S/C22H19N3O2/c23-13-16-6-4-5-9-20(16)21-11-10-19(27-21)14-24-17-12-22(26)25(15-17)18-7-2-1-3-8-18/h1-11,17,24H,12,14-15H2/t17-/m0/s1. The van der Waals surface area contributed by atoms with Gasteiger partial charge < -0.3 is 14.6 Å². The van der Waals surface area contributed by atoms with Gasteiger partial charge in [0.2, 0.25) is 5.91 Å². The number of hydrogen-bond donors (Lipinski definition) is 1. The van der Waals surface area contributed by atoms with E-state index >= 15 is 0 Å². The Bertz CT molecular complexity index is 988. The van der Waals surface area contributed by atoms with Gasteiger partial charge in [0.05, 0.1) is 18.2 Å². The van der Waals surface area contributed by atoms with Crippen LogP contribution in [0.1, 0.15) is 17.7 Å². The van der Waals surface area contributed by atoms with Crippen molar-refractivity contribution >= 4 is 11.6 Å². The van der Waals surface area contributed by atoms with Crippen molar-refractivity contribution in [2.75, 3.05) is 11.4 Å². The van der Waals surface area contributed by atoms with Crippen molar-refractivity contribution in [2.24, 2.45) is 0 Å². The molecule has 0 spiro atoms. The third-order valence-electron chi connectivity index (χ3n) is 4.73. The highest BCUT2D eigenvalue weighted by atomic mass is 16.3. The number of hydrogen-bond acceptors (Lipinski definition) is 4. The number of nitrogens with one attached hydrogen (secondary N) is 1. The first-order valence-corrected chi connectivity index (χ1v) is 8.91. The summed E-state index contributed by atoms with van der Waals surface area (Å²) in [6.07, 6.45) is 0.472. The number of anilines is 1. The number of para-hydroxylation sites is 1. The van der Waals surface area contributed by atoms with E-state index in [9.17, 15) is 10.1 Å². The maximum atomic E-state index is 12.3. The molecule has 1 fully saturated rings. The highest BCUT2D eigenvalue weighted by Crippen LogP contribution is 2.26. The molecule has 2 heterocycles. The summed E-state index contributed by atoms with van der Waals surface area (Å²) in [5.41, 5.74) is 2.31. The summed E-state index contributed by atoms with van der Waals surface area (Å²) in [4.78, 5) is 14.1. The predicted molar refractivity (Wildman–Crippen MR) is 103 cm³/mol. The summed E-state index contributed by atoms with van der Waals surface area (Å²) in [6.45, 7) is 1.18. The lowest BCUT2D eigenvalue weighted by Gasteiger charge is -2.16. The molecule has 0 aliphatic carbocycles. The number of nitriles is 1. The van der Waals surface area contributed by atoms with Gasteiger partial charge in [-0.2, -0.15) is 5.26 Å². The molecule has 0 saturated carbocycles. The van der Waals surface area contributed by atoms with Gasteiger partial charge in [-0.15, -0.1) is 0 Å². The molecular formula is C22H19N3O2. The van der Waals surface area contributed by atoms with Crippen molar-refractivity contribution in [3.63, 3.8) is 0 Å². The minimum absolute atomic E-state index is 0.0812. The molecule has 1 aromatic heterocycles. The predicted octanol–water partition coefficient (Wildman–Crippen LogP) is 3.71. The summed E-state index contributed by atoms with van der Waals surface area (Å²) in [5.74, 6) is 1.59. The zero-order valence-corrected chi connectivity index (χ0v) is 14.8. The van der Waals surface area contributed by atoms with E-state index in [1.54, 1.807) is 6.07 Å². The Morgan fingerprint density at radius 3 is 2.67 bits per heavy atom. The van der Waals surface area contributed by atoms with E-state index in [2.05, 4.69) is 11.4 Å². The Morgan fingerprint density at radius 2 is 1.85 bits per heavy atom. The summed E-state index contributed by atoms with van der Waals surface area (Å²) in [6, 6.07) is 23.1. The average Bonchev–Trinajstić information content (AvgIpc) is 3.33. The van der Waals surface area contributed by atoms with Crippen molar-refractivity contribution in [2.45, 2.75) is 19.0 Å². The van der Waals surface area contributed by atoms with Gasteiger partial charge in [0.15, 0.2) is 0 Å². The van der Waals surface area contributed by atoms with Gasteiger partial charge in [0, 0.05) is 30.3 Å². The minimum atomic E-state index is 0.0812. The minimum Gasteiger partial charge on any atom is -0.460 e. The van der Waals surface area contributed by atoms with Crippen LogP contribution in [0.2, 0.25) is 0 Å². The molecule has 5 heteroatoms. The Balaban J connectivity index is 1.40. The van der Waals surface area contributed by atoms with Crippen LogP contribution in [0.4, 0.5) is 5.69 Å². The summed E-state index contributed by atoms with van der Waals surface area (Å²) < 4.78 is 5.90. The molecule has 134 valence electrons. The van der Waals surface area contributed by atoms with Crippen molar-refractivity contribution in [1.29, 1.82) is 5.26 Å². The van der Waals surface area contributed by atoms with Crippen molar-refractivity contribution < 1.29 is 9.21 Å². The molecule has 1 saturated heterocycles. The molecule has 5 nitrogen and oxygen atoms in total. The number of furan rings is 1. The van der Waals surface area contributed by atoms with E-state index in [1.165, 1.54) is 0 Å². The SMILES string of the molecule is N#Cc1ccccc1-c1ccc(CN[C@H]2CC(=O)N(c3ccccc3)C2)o1. The van der Waals surface area contributed by atoms with Crippen LogP contribution in [-0.4, -0.2) is 18.5 Å². The lowest BCUT2D eigenvalue weighted by atomic mass is 10.1. The van der Waals surface area contributed by atoms with Crippen LogP contribution in [0, 0.1) is 11.3 Å². The van der Waals surface area contributed by atoms with Crippen LogP contribution in [0.5, 0.6) is 0 Å². The lowest BCUT2D eigenvalue weighted by Crippen LogP contribution is -2.32. The second-order valence-electron chi connectivity index (χ2n) is 6.55. The molecular weight excluding hydrogens is 338 g/mol. The second kappa shape index (κ2) is 7.48. The summed E-state index contributed by atoms with van der Waals surface area (Å²) in [5, 5.41) is 12.6. The summed E-state index contributed by atoms with van der Waals surface area (Å²) in [7, 11) is 0. The van der Waals surface area contributed by atoms with E-state index in [4.69, 9.17) is 4.42 Å². The number of carbonyl (C=O) groups is 1. The maximum absolute atomic E-state index is 12.3. The number of nitrogens with zero attached hydrogens (tertiary/aromatic N) is 2. The van der Waals surface area contributed by atoms with Gasteiger partial charge in [-0.05, 0) is 36.4 Å². The average molecular weight is 357 g/mol. The monoisotopic (exact) mass is 357 g/mol. The van der Waals surface area contributed by atoms with Gasteiger partial charge in [-0.3, -0.25) is 4.79 Å². The molecule has 0 radical (unpaired) electrons. The zero-order chi connectivity index (χ0) is 18.6. The van der Waals surface area contributed by atoms with Crippen LogP contribution in [0.25, 0.3) is 11.3 Å². The van der Waals surface area contributed by atoms with Gasteiger partial charge >= 0.3 is 0 Å². The molecule has 1 atom stereocenters. The second-order valence-corrected chi connectivity index (χ2v) is 6.55. The van der Waals surface area contributed by atoms with Crippen LogP contribution in [0.15, 0.2) is 71.1 Å². The molecule has 2 aromatic carbocycles. The maximum Gasteiger partial charge on any atom is 0.228 e. The fourth-order valence-electron chi connectivity index (χ4n) is 3.36. The van der Waals surface area contributed by atoms with E-state index in [1.807, 2.05) is 65.6 Å². The topological polar surface area (TPSA) is 69.3 Å². The highest BCUT2D eigenvalue weighted by molar-refractivity contribution is 5.96. The quantitative estimate of drug-likeness (QED) is 0.756. The number of benzene rings is 2. The molecule has 0 unspecified atom stereocenters. The van der Waals surface area contributed by atoms with Crippen LogP contribution >= 0.6 is 0 Å². The largest absolute Gasteiger partial charge is 0.460 e. The first-order valence-electron chi connectivity index (χ1n) is 8.91. The van der Waals surface area contributed by atoms with Gasteiger partial charge in [-0.1, -0.05) is 30.3 Å². The Kier molecular flexibility index (Phi) is 4.73. The smallest absolute Gasteiger partial charge is 0.228 e. The summed E-state index contributed by atoms with van der Waals surface area (Å²) >= 11 is 0. The highest BCUT2D eigenvalue weighted by Gasteiger charge is 2.30. The molecule has 4 rings (SSSR count). The van der Waals surface area contributed by atoms with Crippen LogP contribution < -0.4 is 10.2 Å². The molecule has 1 amide bonds. The van der Waals surface area contributed by atoms with Gasteiger partial charge in [0.1, 0.15) is 11.5 Å². The molecule has 1 N–H and O–H groups in total. The van der Waals surface area contributed by atoms with Crippen molar-refractivity contribution in [3.05, 3.63) is 78.1 Å². The molecule has 0 bridgehead atoms. The van der Waals surface area contributed by atoms with E-state index in [-0.39, 0.29) is 11.9 Å². The molecule has 1 aliphatic rings. The number of rotatable bonds is 5.